The van der Waals surface area contributed by atoms with Crippen molar-refractivity contribution in [3.63, 3.8) is 0 Å². The molecular weight excluding hydrogens is 330 g/mol. The molecule has 4 amide bonds. The molecule has 1 atom stereocenters. The Labute approximate surface area is 154 Å². The van der Waals surface area contributed by atoms with Crippen LogP contribution in [-0.4, -0.2) is 58.3 Å². The number of amides is 4. The molecule has 0 aliphatic carbocycles. The lowest BCUT2D eigenvalue weighted by Crippen LogP contribution is -2.49. The molecule has 140 valence electrons. The molecule has 2 heterocycles. The predicted molar refractivity (Wildman–Crippen MR) is 98.2 cm³/mol. The van der Waals surface area contributed by atoms with Crippen LogP contribution in [0, 0.1) is 0 Å². The Morgan fingerprint density at radius 3 is 2.46 bits per heavy atom. The van der Waals surface area contributed by atoms with Crippen LogP contribution in [0.25, 0.3) is 0 Å². The standard InChI is InChI=1S/C20H27N3O3/c1-2-3-13-22-18(24)19(25)23(20(22)26)15-21-12-8-7-11-17(21)14-16-9-5-4-6-10-16/h4-6,9-10,17H,2-3,7-8,11-15H2,1H3. The quantitative estimate of drug-likeness (QED) is 0.556. The van der Waals surface area contributed by atoms with Crippen LogP contribution < -0.4 is 0 Å². The maximum atomic E-state index is 12.6. The van der Waals surface area contributed by atoms with E-state index < -0.39 is 17.8 Å². The fourth-order valence-electron chi connectivity index (χ4n) is 3.73. The second kappa shape index (κ2) is 8.45. The maximum Gasteiger partial charge on any atom is 0.335 e. The second-order valence-electron chi connectivity index (χ2n) is 7.12. The van der Waals surface area contributed by atoms with E-state index in [0.717, 1.165) is 54.9 Å². The number of rotatable bonds is 7. The first-order valence-corrected chi connectivity index (χ1v) is 9.57. The molecule has 2 aliphatic rings. The van der Waals surface area contributed by atoms with E-state index in [-0.39, 0.29) is 12.7 Å². The van der Waals surface area contributed by atoms with Gasteiger partial charge in [-0.2, -0.15) is 0 Å². The molecule has 3 rings (SSSR count). The average Bonchev–Trinajstić information content (AvgIpc) is 2.86. The van der Waals surface area contributed by atoms with Gasteiger partial charge in [0, 0.05) is 19.1 Å². The van der Waals surface area contributed by atoms with E-state index in [2.05, 4.69) is 17.0 Å². The number of hydrogen-bond acceptors (Lipinski definition) is 4. The van der Waals surface area contributed by atoms with Crippen molar-refractivity contribution in [3.8, 4) is 0 Å². The third kappa shape index (κ3) is 3.96. The Kier molecular flexibility index (Phi) is 6.04. The molecule has 1 unspecified atom stereocenters. The molecule has 1 aromatic rings. The summed E-state index contributed by atoms with van der Waals surface area (Å²) in [5.41, 5.74) is 1.25. The van der Waals surface area contributed by atoms with Gasteiger partial charge in [0.05, 0.1) is 6.67 Å². The summed E-state index contributed by atoms with van der Waals surface area (Å²) in [7, 11) is 0. The zero-order chi connectivity index (χ0) is 18.5. The zero-order valence-corrected chi connectivity index (χ0v) is 15.4. The summed E-state index contributed by atoms with van der Waals surface area (Å²) in [6.45, 7) is 3.37. The molecule has 1 aromatic carbocycles. The molecule has 0 N–H and O–H groups in total. The third-order valence-electron chi connectivity index (χ3n) is 5.26. The zero-order valence-electron chi connectivity index (χ0n) is 15.4. The monoisotopic (exact) mass is 357 g/mol. The van der Waals surface area contributed by atoms with Crippen LogP contribution in [0.15, 0.2) is 30.3 Å². The summed E-state index contributed by atoms with van der Waals surface area (Å²) in [6.07, 6.45) is 5.73. The SMILES string of the molecule is CCCCN1C(=O)C(=O)N(CN2CCCCC2Cc2ccccc2)C1=O. The molecular formula is C20H27N3O3. The molecule has 2 fully saturated rings. The van der Waals surface area contributed by atoms with E-state index in [1.54, 1.807) is 0 Å². The van der Waals surface area contributed by atoms with Crippen molar-refractivity contribution in [2.75, 3.05) is 19.8 Å². The Balaban J connectivity index is 1.68. The van der Waals surface area contributed by atoms with E-state index in [1.807, 2.05) is 25.1 Å². The van der Waals surface area contributed by atoms with Crippen LogP contribution in [0.4, 0.5) is 4.79 Å². The number of hydrogen-bond donors (Lipinski definition) is 0. The number of urea groups is 1. The van der Waals surface area contributed by atoms with Crippen molar-refractivity contribution in [3.05, 3.63) is 35.9 Å². The Hall–Kier alpha value is -2.21. The fraction of sp³-hybridized carbons (Fsp3) is 0.550. The number of imide groups is 2. The Morgan fingerprint density at radius 1 is 1.00 bits per heavy atom. The van der Waals surface area contributed by atoms with E-state index in [9.17, 15) is 14.4 Å². The first-order valence-electron chi connectivity index (χ1n) is 9.57. The van der Waals surface area contributed by atoms with Crippen LogP contribution >= 0.6 is 0 Å². The van der Waals surface area contributed by atoms with Gasteiger partial charge in [0.15, 0.2) is 0 Å². The number of unbranched alkanes of at least 4 members (excludes halogenated alkanes) is 1. The number of carbonyl (C=O) groups excluding carboxylic acids is 3. The first kappa shape index (κ1) is 18.6. The smallest absolute Gasteiger partial charge is 0.282 e. The maximum absolute atomic E-state index is 12.6. The van der Waals surface area contributed by atoms with E-state index in [1.165, 1.54) is 5.56 Å². The molecule has 0 aromatic heterocycles. The van der Waals surface area contributed by atoms with Crippen LogP contribution in [0.3, 0.4) is 0 Å². The summed E-state index contributed by atoms with van der Waals surface area (Å²) in [6, 6.07) is 10.1. The molecule has 0 saturated carbocycles. The van der Waals surface area contributed by atoms with Gasteiger partial charge in [0.2, 0.25) is 0 Å². The lowest BCUT2D eigenvalue weighted by Gasteiger charge is -2.37. The van der Waals surface area contributed by atoms with Gasteiger partial charge in [-0.25, -0.2) is 9.69 Å². The summed E-state index contributed by atoms with van der Waals surface area (Å²) in [5, 5.41) is 0. The van der Waals surface area contributed by atoms with Gasteiger partial charge < -0.3 is 0 Å². The van der Waals surface area contributed by atoms with Crippen LogP contribution in [-0.2, 0) is 16.0 Å². The lowest BCUT2D eigenvalue weighted by molar-refractivity contribution is -0.144. The molecule has 2 saturated heterocycles. The summed E-state index contributed by atoms with van der Waals surface area (Å²) < 4.78 is 0. The fourth-order valence-corrected chi connectivity index (χ4v) is 3.73. The minimum Gasteiger partial charge on any atom is -0.282 e. The van der Waals surface area contributed by atoms with E-state index in [4.69, 9.17) is 0 Å². The topological polar surface area (TPSA) is 60.9 Å². The van der Waals surface area contributed by atoms with Gasteiger partial charge in [-0.1, -0.05) is 50.1 Å². The van der Waals surface area contributed by atoms with Gasteiger partial charge in [-0.05, 0) is 31.2 Å². The van der Waals surface area contributed by atoms with Gasteiger partial charge in [-0.3, -0.25) is 19.4 Å². The molecule has 0 spiro atoms. The van der Waals surface area contributed by atoms with Crippen LogP contribution in [0.1, 0.15) is 44.6 Å². The number of nitrogens with zero attached hydrogens (tertiary/aromatic N) is 3. The van der Waals surface area contributed by atoms with E-state index in [0.29, 0.717) is 6.54 Å². The van der Waals surface area contributed by atoms with Gasteiger partial charge in [-0.15, -0.1) is 0 Å². The van der Waals surface area contributed by atoms with Gasteiger partial charge >= 0.3 is 17.8 Å². The highest BCUT2D eigenvalue weighted by atomic mass is 16.2. The van der Waals surface area contributed by atoms with Gasteiger partial charge in [0.1, 0.15) is 0 Å². The first-order chi connectivity index (χ1) is 12.6. The highest BCUT2D eigenvalue weighted by Gasteiger charge is 2.45. The second-order valence-corrected chi connectivity index (χ2v) is 7.12. The summed E-state index contributed by atoms with van der Waals surface area (Å²) >= 11 is 0. The van der Waals surface area contributed by atoms with Crippen molar-refractivity contribution in [2.24, 2.45) is 0 Å². The normalized spacial score (nSPS) is 21.7. The summed E-state index contributed by atoms with van der Waals surface area (Å²) in [5.74, 6) is -1.37. The highest BCUT2D eigenvalue weighted by molar-refractivity contribution is 6.44. The molecule has 2 aliphatic heterocycles. The Morgan fingerprint density at radius 2 is 1.73 bits per heavy atom. The van der Waals surface area contributed by atoms with Crippen LogP contribution in [0.2, 0.25) is 0 Å². The van der Waals surface area contributed by atoms with Crippen molar-refractivity contribution >= 4 is 17.8 Å². The molecule has 0 bridgehead atoms. The molecule has 6 heteroatoms. The number of benzene rings is 1. The largest absolute Gasteiger partial charge is 0.335 e. The van der Waals surface area contributed by atoms with Crippen molar-refractivity contribution in [2.45, 2.75) is 51.5 Å². The van der Waals surface area contributed by atoms with Crippen LogP contribution in [0.5, 0.6) is 0 Å². The van der Waals surface area contributed by atoms with Crippen molar-refractivity contribution < 1.29 is 14.4 Å². The van der Waals surface area contributed by atoms with E-state index >= 15 is 0 Å². The summed E-state index contributed by atoms with van der Waals surface area (Å²) in [4.78, 5) is 41.4. The molecule has 26 heavy (non-hydrogen) atoms. The van der Waals surface area contributed by atoms with Crippen molar-refractivity contribution in [1.82, 2.24) is 14.7 Å². The average molecular weight is 357 g/mol. The highest BCUT2D eigenvalue weighted by Crippen LogP contribution is 2.23. The molecule has 6 nitrogen and oxygen atoms in total. The minimum atomic E-state index is -0.685. The lowest BCUT2D eigenvalue weighted by atomic mass is 9.96. The van der Waals surface area contributed by atoms with Gasteiger partial charge in [0.25, 0.3) is 0 Å². The molecule has 0 radical (unpaired) electrons. The third-order valence-corrected chi connectivity index (χ3v) is 5.26. The number of carbonyl (C=O) groups is 3. The van der Waals surface area contributed by atoms with Crippen molar-refractivity contribution in [1.29, 1.82) is 0 Å². The number of piperidine rings is 1. The number of likely N-dealkylation sites (tertiary alicyclic amines) is 1. The minimum absolute atomic E-state index is 0.212. The predicted octanol–water partition coefficient (Wildman–Crippen LogP) is 2.63. The Bertz CT molecular complexity index is 662.